The van der Waals surface area contributed by atoms with E-state index in [9.17, 15) is 5.11 Å². The molecule has 2 fully saturated rings. The highest BCUT2D eigenvalue weighted by Gasteiger charge is 2.34. The van der Waals surface area contributed by atoms with Crippen molar-refractivity contribution in [2.45, 2.75) is 57.1 Å². The number of aliphatic hydroxyl groups is 1. The van der Waals surface area contributed by atoms with Crippen LogP contribution in [0.4, 0.5) is 0 Å². The molecule has 3 heteroatoms. The number of nitrogens with one attached hydrogen (secondary N) is 1. The smallest absolute Gasteiger partial charge is 0.0798 e. The van der Waals surface area contributed by atoms with Gasteiger partial charge in [-0.3, -0.25) is 0 Å². The van der Waals surface area contributed by atoms with Crippen LogP contribution in [0, 0.1) is 5.92 Å². The molecule has 17 heavy (non-hydrogen) atoms. The van der Waals surface area contributed by atoms with E-state index >= 15 is 0 Å². The summed E-state index contributed by atoms with van der Waals surface area (Å²) in [5.74, 6) is 0.791. The van der Waals surface area contributed by atoms with Gasteiger partial charge in [0.15, 0.2) is 0 Å². The normalized spacial score (nSPS) is 33.9. The number of nitrogens with zero attached hydrogens (tertiary/aromatic N) is 1. The molecule has 0 spiro atoms. The molecule has 0 radical (unpaired) electrons. The van der Waals surface area contributed by atoms with Gasteiger partial charge in [-0.05, 0) is 51.7 Å². The lowest BCUT2D eigenvalue weighted by Gasteiger charge is -2.42. The minimum Gasteiger partial charge on any atom is -0.388 e. The van der Waals surface area contributed by atoms with Crippen molar-refractivity contribution >= 4 is 0 Å². The van der Waals surface area contributed by atoms with Gasteiger partial charge in [-0.15, -0.1) is 0 Å². The van der Waals surface area contributed by atoms with Crippen LogP contribution in [0.15, 0.2) is 0 Å². The average molecular weight is 240 g/mol. The Labute approximate surface area is 106 Å². The van der Waals surface area contributed by atoms with Gasteiger partial charge in [-0.2, -0.15) is 0 Å². The molecule has 2 aliphatic rings. The molecule has 2 unspecified atom stereocenters. The average Bonchev–Trinajstić information content (AvgIpc) is 2.29. The minimum absolute atomic E-state index is 0.447. The van der Waals surface area contributed by atoms with Crippen molar-refractivity contribution < 1.29 is 5.11 Å². The molecule has 0 amide bonds. The van der Waals surface area contributed by atoms with Gasteiger partial charge >= 0.3 is 0 Å². The summed E-state index contributed by atoms with van der Waals surface area (Å²) >= 11 is 0. The lowest BCUT2D eigenvalue weighted by atomic mass is 9.83. The maximum Gasteiger partial charge on any atom is 0.0798 e. The molecular weight excluding hydrogens is 212 g/mol. The van der Waals surface area contributed by atoms with Crippen molar-refractivity contribution in [1.29, 1.82) is 0 Å². The largest absolute Gasteiger partial charge is 0.388 e. The molecule has 0 aromatic heterocycles. The Kier molecular flexibility index (Phi) is 4.45. The van der Waals surface area contributed by atoms with Crippen molar-refractivity contribution in [2.24, 2.45) is 5.92 Å². The lowest BCUT2D eigenvalue weighted by Crippen LogP contribution is -2.52. The first kappa shape index (κ1) is 13.3. The van der Waals surface area contributed by atoms with Crippen LogP contribution < -0.4 is 5.32 Å². The predicted octanol–water partition coefficient (Wildman–Crippen LogP) is 1.61. The zero-order valence-electron chi connectivity index (χ0n) is 11.4. The fourth-order valence-electron chi connectivity index (χ4n) is 3.58. The Balaban J connectivity index is 1.88. The fraction of sp³-hybridized carbons (Fsp3) is 1.00. The van der Waals surface area contributed by atoms with E-state index < -0.39 is 5.60 Å². The monoisotopic (exact) mass is 240 g/mol. The van der Waals surface area contributed by atoms with Crippen LogP contribution in [0.1, 0.15) is 45.4 Å². The zero-order chi connectivity index (χ0) is 12.3. The highest BCUT2D eigenvalue weighted by atomic mass is 16.3. The minimum atomic E-state index is -0.447. The molecule has 0 aromatic carbocycles. The van der Waals surface area contributed by atoms with Gasteiger partial charge in [0.2, 0.25) is 0 Å². The summed E-state index contributed by atoms with van der Waals surface area (Å²) in [6.07, 6.45) is 7.22. The van der Waals surface area contributed by atoms with E-state index in [0.29, 0.717) is 6.04 Å². The third kappa shape index (κ3) is 3.43. The highest BCUT2D eigenvalue weighted by molar-refractivity contribution is 4.89. The lowest BCUT2D eigenvalue weighted by molar-refractivity contribution is -0.0329. The van der Waals surface area contributed by atoms with E-state index in [1.54, 1.807) is 0 Å². The standard InChI is InChI=1S/C14H28N2O/c1-12-5-3-4-6-13(12)16(2)11-14(17)7-9-15-10-8-14/h12-13,15,17H,3-11H2,1-2H3. The Bertz CT molecular complexity index is 238. The Morgan fingerprint density at radius 1 is 1.24 bits per heavy atom. The topological polar surface area (TPSA) is 35.5 Å². The summed E-state index contributed by atoms with van der Waals surface area (Å²) in [5, 5.41) is 13.9. The molecule has 1 aliphatic heterocycles. The summed E-state index contributed by atoms with van der Waals surface area (Å²) in [7, 11) is 2.20. The van der Waals surface area contributed by atoms with Crippen molar-refractivity contribution in [3.63, 3.8) is 0 Å². The maximum atomic E-state index is 10.6. The number of hydrogen-bond donors (Lipinski definition) is 2. The Morgan fingerprint density at radius 2 is 1.88 bits per heavy atom. The number of rotatable bonds is 3. The van der Waals surface area contributed by atoms with Crippen LogP contribution in [0.5, 0.6) is 0 Å². The number of hydrogen-bond acceptors (Lipinski definition) is 3. The van der Waals surface area contributed by atoms with Gasteiger partial charge in [-0.25, -0.2) is 0 Å². The van der Waals surface area contributed by atoms with Crippen LogP contribution in [-0.4, -0.2) is 48.3 Å². The fourth-order valence-corrected chi connectivity index (χ4v) is 3.58. The Morgan fingerprint density at radius 3 is 2.53 bits per heavy atom. The van der Waals surface area contributed by atoms with Crippen molar-refractivity contribution in [3.05, 3.63) is 0 Å². The van der Waals surface area contributed by atoms with Crippen molar-refractivity contribution in [1.82, 2.24) is 10.2 Å². The van der Waals surface area contributed by atoms with E-state index in [1.807, 2.05) is 0 Å². The van der Waals surface area contributed by atoms with Crippen LogP contribution in [-0.2, 0) is 0 Å². The first-order chi connectivity index (χ1) is 8.11. The van der Waals surface area contributed by atoms with Crippen molar-refractivity contribution in [3.8, 4) is 0 Å². The summed E-state index contributed by atoms with van der Waals surface area (Å²) in [6, 6.07) is 0.683. The van der Waals surface area contributed by atoms with Gasteiger partial charge in [0.05, 0.1) is 5.60 Å². The highest BCUT2D eigenvalue weighted by Crippen LogP contribution is 2.29. The van der Waals surface area contributed by atoms with Gasteiger partial charge in [-0.1, -0.05) is 19.8 Å². The Hall–Kier alpha value is -0.120. The van der Waals surface area contributed by atoms with E-state index in [-0.39, 0.29) is 0 Å². The van der Waals surface area contributed by atoms with Crippen molar-refractivity contribution in [2.75, 3.05) is 26.7 Å². The molecule has 2 rings (SSSR count). The molecule has 1 saturated carbocycles. The third-order valence-electron chi connectivity index (χ3n) is 4.71. The third-order valence-corrected chi connectivity index (χ3v) is 4.71. The molecule has 1 heterocycles. The summed E-state index contributed by atoms with van der Waals surface area (Å²) in [4.78, 5) is 2.43. The predicted molar refractivity (Wildman–Crippen MR) is 71.1 cm³/mol. The molecule has 2 N–H and O–H groups in total. The molecule has 1 saturated heterocycles. The van der Waals surface area contributed by atoms with Gasteiger partial charge in [0, 0.05) is 12.6 Å². The van der Waals surface area contributed by atoms with E-state index in [4.69, 9.17) is 0 Å². The number of piperidine rings is 1. The second-order valence-electron chi connectivity index (χ2n) is 6.22. The number of likely N-dealkylation sites (N-methyl/N-ethyl adjacent to an activating group) is 1. The molecule has 0 aromatic rings. The second kappa shape index (κ2) is 5.68. The molecular formula is C14H28N2O. The van der Waals surface area contributed by atoms with E-state index in [0.717, 1.165) is 38.4 Å². The summed E-state index contributed by atoms with van der Waals surface area (Å²) in [5.41, 5.74) is -0.447. The molecule has 3 nitrogen and oxygen atoms in total. The van der Waals surface area contributed by atoms with Gasteiger partial charge in [0.1, 0.15) is 0 Å². The zero-order valence-corrected chi connectivity index (χ0v) is 11.4. The molecule has 0 bridgehead atoms. The molecule has 1 aliphatic carbocycles. The van der Waals surface area contributed by atoms with Crippen LogP contribution >= 0.6 is 0 Å². The first-order valence-electron chi connectivity index (χ1n) is 7.24. The van der Waals surface area contributed by atoms with E-state index in [1.165, 1.54) is 25.7 Å². The van der Waals surface area contributed by atoms with Gasteiger partial charge < -0.3 is 15.3 Å². The first-order valence-corrected chi connectivity index (χ1v) is 7.24. The molecule has 100 valence electrons. The summed E-state index contributed by atoms with van der Waals surface area (Å²) < 4.78 is 0. The van der Waals surface area contributed by atoms with Crippen LogP contribution in [0.2, 0.25) is 0 Å². The SMILES string of the molecule is CC1CCCCC1N(C)CC1(O)CCNCC1. The van der Waals surface area contributed by atoms with E-state index in [2.05, 4.69) is 24.2 Å². The van der Waals surface area contributed by atoms with Crippen LogP contribution in [0.3, 0.4) is 0 Å². The maximum absolute atomic E-state index is 10.6. The molecule has 2 atom stereocenters. The van der Waals surface area contributed by atoms with Crippen LogP contribution in [0.25, 0.3) is 0 Å². The summed E-state index contributed by atoms with van der Waals surface area (Å²) in [6.45, 7) is 5.14. The quantitative estimate of drug-likeness (QED) is 0.787. The van der Waals surface area contributed by atoms with Gasteiger partial charge in [0.25, 0.3) is 0 Å². The second-order valence-corrected chi connectivity index (χ2v) is 6.22.